The van der Waals surface area contributed by atoms with Crippen LogP contribution < -0.4 is 59.1 Å². The van der Waals surface area contributed by atoms with E-state index in [2.05, 4.69) is 6.92 Å². The first-order valence-electron chi connectivity index (χ1n) is 7.51. The average molecular weight is 326 g/mol. The SMILES string of the molecule is CCCCCCCCCCCCCCS(=O)(=O)O.[H-].[H-].[Na+].[Na+]. The van der Waals surface area contributed by atoms with Crippen molar-refractivity contribution >= 4 is 10.1 Å². The molecule has 0 aliphatic carbocycles. The number of hydrogen-bond donors (Lipinski definition) is 1. The summed E-state index contributed by atoms with van der Waals surface area (Å²) in [7, 11) is -3.74. The third-order valence-electron chi connectivity index (χ3n) is 3.26. The summed E-state index contributed by atoms with van der Waals surface area (Å²) in [6.07, 6.45) is 14.5. The zero-order valence-electron chi connectivity index (χ0n) is 15.9. The van der Waals surface area contributed by atoms with Gasteiger partial charge in [0.2, 0.25) is 0 Å². The van der Waals surface area contributed by atoms with Gasteiger partial charge in [-0.05, 0) is 6.42 Å². The predicted molar refractivity (Wildman–Crippen MR) is 79.7 cm³/mol. The van der Waals surface area contributed by atoms with Gasteiger partial charge in [0.15, 0.2) is 0 Å². The van der Waals surface area contributed by atoms with Crippen molar-refractivity contribution in [2.75, 3.05) is 5.75 Å². The molecule has 0 saturated carbocycles. The van der Waals surface area contributed by atoms with Crippen molar-refractivity contribution in [2.24, 2.45) is 0 Å². The molecule has 0 amide bonds. The van der Waals surface area contributed by atoms with Gasteiger partial charge in [-0.2, -0.15) is 8.42 Å². The van der Waals surface area contributed by atoms with E-state index in [0.717, 1.165) is 12.8 Å². The van der Waals surface area contributed by atoms with Crippen molar-refractivity contribution in [3.63, 3.8) is 0 Å². The fraction of sp³-hybridized carbons (Fsp3) is 1.00. The second-order valence-electron chi connectivity index (χ2n) is 5.18. The molecule has 20 heavy (non-hydrogen) atoms. The molecular formula is C14H32Na2O3S. The zero-order chi connectivity index (χ0) is 13.7. The van der Waals surface area contributed by atoms with Crippen molar-refractivity contribution in [2.45, 2.75) is 84.0 Å². The smallest absolute Gasteiger partial charge is 1.00 e. The molecular weight excluding hydrogens is 294 g/mol. The standard InChI is InChI=1S/C14H30O3S.2Na.2H/c1-2-3-4-5-6-7-8-9-10-11-12-13-14-18(15,16)17;;;;/h2-14H2,1H3,(H,15,16,17);;;;/q;2*+1;2*-1. The zero-order valence-corrected chi connectivity index (χ0v) is 18.7. The van der Waals surface area contributed by atoms with Gasteiger partial charge in [0.05, 0.1) is 5.75 Å². The Balaban J connectivity index is -0.000000241. The molecule has 3 nitrogen and oxygen atoms in total. The van der Waals surface area contributed by atoms with Crippen LogP contribution in [0, 0.1) is 0 Å². The van der Waals surface area contributed by atoms with E-state index in [0.29, 0.717) is 6.42 Å². The Bertz CT molecular complexity index is 279. The van der Waals surface area contributed by atoms with Gasteiger partial charge < -0.3 is 2.85 Å². The summed E-state index contributed by atoms with van der Waals surface area (Å²) < 4.78 is 29.5. The number of unbranched alkanes of at least 4 members (excludes halogenated alkanes) is 11. The van der Waals surface area contributed by atoms with Crippen LogP contribution in [0.2, 0.25) is 0 Å². The van der Waals surface area contributed by atoms with Gasteiger partial charge in [-0.3, -0.25) is 4.55 Å². The summed E-state index contributed by atoms with van der Waals surface area (Å²) in [6.45, 7) is 2.24. The average Bonchev–Trinajstić information content (AvgIpc) is 2.29. The molecule has 0 aromatic carbocycles. The number of rotatable bonds is 13. The van der Waals surface area contributed by atoms with Crippen molar-refractivity contribution in [1.29, 1.82) is 0 Å². The van der Waals surface area contributed by atoms with Crippen molar-refractivity contribution < 1.29 is 74.9 Å². The van der Waals surface area contributed by atoms with Crippen molar-refractivity contribution in [3.8, 4) is 0 Å². The summed E-state index contributed by atoms with van der Waals surface area (Å²) in [5.41, 5.74) is 0. The fourth-order valence-corrected chi connectivity index (χ4v) is 2.69. The Hall–Kier alpha value is 1.91. The fourth-order valence-electron chi connectivity index (χ4n) is 2.13. The molecule has 0 atom stereocenters. The quantitative estimate of drug-likeness (QED) is 0.263. The van der Waals surface area contributed by atoms with E-state index in [1.807, 2.05) is 0 Å². The van der Waals surface area contributed by atoms with Crippen LogP contribution in [0.5, 0.6) is 0 Å². The summed E-state index contributed by atoms with van der Waals surface area (Å²) in [5, 5.41) is 0. The van der Waals surface area contributed by atoms with Crippen molar-refractivity contribution in [3.05, 3.63) is 0 Å². The maximum absolute atomic E-state index is 10.5. The molecule has 0 bridgehead atoms. The van der Waals surface area contributed by atoms with Crippen LogP contribution in [-0.4, -0.2) is 18.7 Å². The Morgan fingerprint density at radius 3 is 1.30 bits per heavy atom. The van der Waals surface area contributed by atoms with Gasteiger partial charge >= 0.3 is 59.1 Å². The Kier molecular flexibility index (Phi) is 25.4. The van der Waals surface area contributed by atoms with Crippen LogP contribution in [0.15, 0.2) is 0 Å². The Morgan fingerprint density at radius 2 is 1.00 bits per heavy atom. The summed E-state index contributed by atoms with van der Waals surface area (Å²) in [5.74, 6) is -0.0789. The van der Waals surface area contributed by atoms with Crippen LogP contribution in [0.25, 0.3) is 0 Å². The Labute approximate surface area is 173 Å². The Morgan fingerprint density at radius 1 is 0.700 bits per heavy atom. The normalized spacial score (nSPS) is 10.7. The minimum absolute atomic E-state index is 0. The molecule has 114 valence electrons. The van der Waals surface area contributed by atoms with Crippen LogP contribution in [0.4, 0.5) is 0 Å². The van der Waals surface area contributed by atoms with Gasteiger partial charge in [0.1, 0.15) is 0 Å². The number of hydrogen-bond acceptors (Lipinski definition) is 2. The van der Waals surface area contributed by atoms with Crippen LogP contribution >= 0.6 is 0 Å². The maximum Gasteiger partial charge on any atom is 1.00 e. The van der Waals surface area contributed by atoms with Gasteiger partial charge in [-0.1, -0.05) is 77.6 Å². The monoisotopic (exact) mass is 326 g/mol. The van der Waals surface area contributed by atoms with E-state index in [4.69, 9.17) is 4.55 Å². The minimum Gasteiger partial charge on any atom is -1.00 e. The summed E-state index contributed by atoms with van der Waals surface area (Å²) >= 11 is 0. The maximum atomic E-state index is 10.5. The molecule has 0 aliphatic heterocycles. The summed E-state index contributed by atoms with van der Waals surface area (Å²) in [6, 6.07) is 0. The summed E-state index contributed by atoms with van der Waals surface area (Å²) in [4.78, 5) is 0. The third kappa shape index (κ3) is 24.9. The van der Waals surface area contributed by atoms with Crippen LogP contribution in [0.1, 0.15) is 86.8 Å². The molecule has 6 heteroatoms. The topological polar surface area (TPSA) is 54.4 Å². The minimum atomic E-state index is -3.74. The molecule has 0 spiro atoms. The molecule has 0 aliphatic rings. The first-order chi connectivity index (χ1) is 8.56. The van der Waals surface area contributed by atoms with Crippen LogP contribution in [-0.2, 0) is 10.1 Å². The molecule has 0 fully saturated rings. The van der Waals surface area contributed by atoms with Gasteiger partial charge in [-0.15, -0.1) is 0 Å². The molecule has 0 rings (SSSR count). The molecule has 0 aromatic heterocycles. The first-order valence-corrected chi connectivity index (χ1v) is 9.12. The van der Waals surface area contributed by atoms with E-state index in [-0.39, 0.29) is 67.7 Å². The molecule has 0 heterocycles. The third-order valence-corrected chi connectivity index (χ3v) is 4.06. The predicted octanol–water partition coefficient (Wildman–Crippen LogP) is -1.19. The second-order valence-corrected chi connectivity index (χ2v) is 6.75. The molecule has 0 saturated heterocycles. The van der Waals surface area contributed by atoms with Crippen molar-refractivity contribution in [1.82, 2.24) is 0 Å². The second kappa shape index (κ2) is 19.0. The van der Waals surface area contributed by atoms with Gasteiger partial charge in [-0.25, -0.2) is 0 Å². The van der Waals surface area contributed by atoms with E-state index >= 15 is 0 Å². The molecule has 0 aromatic rings. The molecule has 1 N–H and O–H groups in total. The molecule has 0 unspecified atom stereocenters. The largest absolute Gasteiger partial charge is 1.00 e. The molecule has 0 radical (unpaired) electrons. The van der Waals surface area contributed by atoms with E-state index < -0.39 is 10.1 Å². The van der Waals surface area contributed by atoms with E-state index in [1.165, 1.54) is 57.8 Å². The van der Waals surface area contributed by atoms with E-state index in [1.54, 1.807) is 0 Å². The van der Waals surface area contributed by atoms with Crippen LogP contribution in [0.3, 0.4) is 0 Å². The van der Waals surface area contributed by atoms with E-state index in [9.17, 15) is 8.42 Å². The first kappa shape index (κ1) is 26.8. The van der Waals surface area contributed by atoms with Gasteiger partial charge in [0, 0.05) is 0 Å². The van der Waals surface area contributed by atoms with Gasteiger partial charge in [0.25, 0.3) is 10.1 Å².